The van der Waals surface area contributed by atoms with Crippen LogP contribution >= 0.6 is 0 Å². The normalized spacial score (nSPS) is 11.0. The summed E-state index contributed by atoms with van der Waals surface area (Å²) in [5.41, 5.74) is 2.22. The lowest BCUT2D eigenvalue weighted by atomic mass is 9.94. The van der Waals surface area contributed by atoms with E-state index in [1.54, 1.807) is 13.2 Å². The average Bonchev–Trinajstić information content (AvgIpc) is 2.58. The monoisotopic (exact) mass is 336 g/mol. The van der Waals surface area contributed by atoms with Crippen LogP contribution in [-0.2, 0) is 12.8 Å². The molecule has 0 radical (unpaired) electrons. The van der Waals surface area contributed by atoms with E-state index in [2.05, 4.69) is 13.8 Å². The first-order chi connectivity index (χ1) is 11.7. The van der Waals surface area contributed by atoms with Crippen molar-refractivity contribution in [1.82, 2.24) is 0 Å². The van der Waals surface area contributed by atoms with Gasteiger partial charge < -0.3 is 14.9 Å². The van der Waals surface area contributed by atoms with Crippen LogP contribution in [0.1, 0.15) is 89.2 Å². The van der Waals surface area contributed by atoms with Crippen LogP contribution in [0.2, 0.25) is 0 Å². The topological polar surface area (TPSA) is 49.7 Å². The van der Waals surface area contributed by atoms with Crippen LogP contribution in [-0.4, -0.2) is 17.3 Å². The SMILES string of the molecule is CCCCCCCc1cc(O)c(O)c(OC)c1CCCCCCC. The number of benzene rings is 1. The Morgan fingerprint density at radius 3 is 1.88 bits per heavy atom. The molecule has 3 nitrogen and oxygen atoms in total. The first kappa shape index (κ1) is 20.7. The molecule has 0 heterocycles. The second-order valence-electron chi connectivity index (χ2n) is 6.74. The van der Waals surface area contributed by atoms with Gasteiger partial charge in [0.2, 0.25) is 5.75 Å². The largest absolute Gasteiger partial charge is 0.504 e. The summed E-state index contributed by atoms with van der Waals surface area (Å²) in [4.78, 5) is 0. The fraction of sp³-hybridized carbons (Fsp3) is 0.714. The van der Waals surface area contributed by atoms with Crippen molar-refractivity contribution in [2.75, 3.05) is 7.11 Å². The number of aromatic hydroxyl groups is 2. The molecular formula is C21H36O3. The molecule has 0 saturated heterocycles. The zero-order valence-corrected chi connectivity index (χ0v) is 15.9. The second kappa shape index (κ2) is 12.0. The summed E-state index contributed by atoms with van der Waals surface area (Å²) in [6, 6.07) is 1.74. The molecule has 3 heteroatoms. The van der Waals surface area contributed by atoms with Gasteiger partial charge in [0, 0.05) is 5.56 Å². The van der Waals surface area contributed by atoms with E-state index in [-0.39, 0.29) is 11.5 Å². The zero-order chi connectivity index (χ0) is 17.8. The molecular weight excluding hydrogens is 300 g/mol. The molecule has 0 bridgehead atoms. The third-order valence-electron chi connectivity index (χ3n) is 4.71. The maximum Gasteiger partial charge on any atom is 0.200 e. The Labute approximate surface area is 148 Å². The van der Waals surface area contributed by atoms with E-state index in [1.165, 1.54) is 51.4 Å². The summed E-state index contributed by atoms with van der Waals surface area (Å²) in [6.45, 7) is 4.44. The first-order valence-corrected chi connectivity index (χ1v) is 9.76. The minimum atomic E-state index is -0.115. The minimum absolute atomic E-state index is 0.0647. The van der Waals surface area contributed by atoms with E-state index in [9.17, 15) is 10.2 Å². The fourth-order valence-corrected chi connectivity index (χ4v) is 3.27. The van der Waals surface area contributed by atoms with Gasteiger partial charge in [0.05, 0.1) is 7.11 Å². The van der Waals surface area contributed by atoms with Crippen LogP contribution < -0.4 is 4.74 Å². The van der Waals surface area contributed by atoms with Crippen molar-refractivity contribution in [3.63, 3.8) is 0 Å². The molecule has 0 aliphatic rings. The van der Waals surface area contributed by atoms with Gasteiger partial charge in [-0.15, -0.1) is 0 Å². The van der Waals surface area contributed by atoms with Crippen LogP contribution in [0.4, 0.5) is 0 Å². The summed E-state index contributed by atoms with van der Waals surface area (Å²) in [6.07, 6.45) is 14.1. The van der Waals surface area contributed by atoms with Gasteiger partial charge in [-0.25, -0.2) is 0 Å². The number of hydrogen-bond acceptors (Lipinski definition) is 3. The maximum absolute atomic E-state index is 10.1. The highest BCUT2D eigenvalue weighted by molar-refractivity contribution is 5.57. The van der Waals surface area contributed by atoms with Crippen molar-refractivity contribution in [3.05, 3.63) is 17.2 Å². The minimum Gasteiger partial charge on any atom is -0.504 e. The summed E-state index contributed by atoms with van der Waals surface area (Å²) in [7, 11) is 1.57. The molecule has 0 unspecified atom stereocenters. The van der Waals surface area contributed by atoms with Crippen molar-refractivity contribution in [2.24, 2.45) is 0 Å². The third-order valence-corrected chi connectivity index (χ3v) is 4.71. The third kappa shape index (κ3) is 6.62. The lowest BCUT2D eigenvalue weighted by Crippen LogP contribution is -2.00. The highest BCUT2D eigenvalue weighted by Gasteiger charge is 2.17. The van der Waals surface area contributed by atoms with Gasteiger partial charge in [0.15, 0.2) is 11.5 Å². The molecule has 0 aliphatic carbocycles. The molecule has 0 aliphatic heterocycles. The van der Waals surface area contributed by atoms with Gasteiger partial charge >= 0.3 is 0 Å². The van der Waals surface area contributed by atoms with Gasteiger partial charge in [0.25, 0.3) is 0 Å². The average molecular weight is 337 g/mol. The Bertz CT molecular complexity index is 469. The zero-order valence-electron chi connectivity index (χ0n) is 15.9. The summed E-state index contributed by atoms with van der Waals surface area (Å²) < 4.78 is 5.41. The van der Waals surface area contributed by atoms with Gasteiger partial charge in [-0.2, -0.15) is 0 Å². The molecule has 24 heavy (non-hydrogen) atoms. The van der Waals surface area contributed by atoms with Crippen molar-refractivity contribution >= 4 is 0 Å². The highest BCUT2D eigenvalue weighted by atomic mass is 16.5. The van der Waals surface area contributed by atoms with Gasteiger partial charge in [-0.3, -0.25) is 0 Å². The number of hydrogen-bond donors (Lipinski definition) is 2. The van der Waals surface area contributed by atoms with Crippen LogP contribution in [0.25, 0.3) is 0 Å². The predicted molar refractivity (Wildman–Crippen MR) is 101 cm³/mol. The number of methoxy groups -OCH3 is 1. The number of aryl methyl sites for hydroxylation is 1. The molecule has 1 aromatic carbocycles. The van der Waals surface area contributed by atoms with Crippen molar-refractivity contribution in [1.29, 1.82) is 0 Å². The summed E-state index contributed by atoms with van der Waals surface area (Å²) in [5.74, 6) is 0.287. The Hall–Kier alpha value is -1.38. The molecule has 1 aromatic rings. The standard InChI is InChI=1S/C21H36O3/c1-4-6-8-10-12-14-17-16-19(22)20(23)21(24-3)18(17)15-13-11-9-7-5-2/h16,22-23H,4-15H2,1-3H3. The highest BCUT2D eigenvalue weighted by Crippen LogP contribution is 2.41. The molecule has 0 amide bonds. The Kier molecular flexibility index (Phi) is 10.4. The number of rotatable bonds is 13. The summed E-state index contributed by atoms with van der Waals surface area (Å²) >= 11 is 0. The predicted octanol–water partition coefficient (Wildman–Crippen LogP) is 6.13. The van der Waals surface area contributed by atoms with Crippen molar-refractivity contribution in [2.45, 2.75) is 90.9 Å². The smallest absolute Gasteiger partial charge is 0.200 e. The van der Waals surface area contributed by atoms with Gasteiger partial charge in [0.1, 0.15) is 0 Å². The molecule has 138 valence electrons. The molecule has 2 N–H and O–H groups in total. The van der Waals surface area contributed by atoms with E-state index in [4.69, 9.17) is 4.74 Å². The molecule has 1 rings (SSSR count). The van der Waals surface area contributed by atoms with Crippen LogP contribution in [0.15, 0.2) is 6.07 Å². The van der Waals surface area contributed by atoms with Crippen molar-refractivity contribution < 1.29 is 14.9 Å². The lowest BCUT2D eigenvalue weighted by Gasteiger charge is -2.17. The van der Waals surface area contributed by atoms with E-state index in [1.807, 2.05) is 0 Å². The molecule has 0 aromatic heterocycles. The molecule has 0 fully saturated rings. The van der Waals surface area contributed by atoms with Crippen LogP contribution in [0.5, 0.6) is 17.2 Å². The van der Waals surface area contributed by atoms with E-state index in [0.717, 1.165) is 36.8 Å². The number of unbranched alkanes of at least 4 members (excludes halogenated alkanes) is 8. The quantitative estimate of drug-likeness (QED) is 0.336. The maximum atomic E-state index is 10.1. The summed E-state index contributed by atoms with van der Waals surface area (Å²) in [5, 5.41) is 20.1. The number of phenolic OH excluding ortho intramolecular Hbond substituents is 2. The molecule has 0 saturated carbocycles. The second-order valence-corrected chi connectivity index (χ2v) is 6.74. The van der Waals surface area contributed by atoms with Crippen LogP contribution in [0.3, 0.4) is 0 Å². The Morgan fingerprint density at radius 1 is 0.792 bits per heavy atom. The van der Waals surface area contributed by atoms with Crippen molar-refractivity contribution in [3.8, 4) is 17.2 Å². The number of ether oxygens (including phenoxy) is 1. The van der Waals surface area contributed by atoms with Gasteiger partial charge in [-0.1, -0.05) is 65.2 Å². The van der Waals surface area contributed by atoms with Crippen LogP contribution in [0, 0.1) is 0 Å². The fourth-order valence-electron chi connectivity index (χ4n) is 3.27. The first-order valence-electron chi connectivity index (χ1n) is 9.76. The lowest BCUT2D eigenvalue weighted by molar-refractivity contribution is 0.346. The molecule has 0 spiro atoms. The Balaban J connectivity index is 2.76. The van der Waals surface area contributed by atoms with E-state index in [0.29, 0.717) is 5.75 Å². The van der Waals surface area contributed by atoms with E-state index < -0.39 is 0 Å². The van der Waals surface area contributed by atoms with E-state index >= 15 is 0 Å². The van der Waals surface area contributed by atoms with Gasteiger partial charge in [-0.05, 0) is 37.3 Å². The Morgan fingerprint density at radius 2 is 1.33 bits per heavy atom. The number of phenols is 2. The molecule has 0 atom stereocenters.